The maximum atomic E-state index is 12.2. The van der Waals surface area contributed by atoms with Crippen molar-refractivity contribution in [1.82, 2.24) is 4.98 Å². The maximum Gasteiger partial charge on any atom is 0.573 e. The first kappa shape index (κ1) is 17.8. The number of nitrogens with one attached hydrogen (secondary N) is 1. The van der Waals surface area contributed by atoms with Gasteiger partial charge in [-0.25, -0.2) is 4.98 Å². The van der Waals surface area contributed by atoms with Crippen LogP contribution in [0.3, 0.4) is 0 Å². The van der Waals surface area contributed by atoms with Crippen LogP contribution in [0.25, 0.3) is 0 Å². The molecule has 0 amide bonds. The van der Waals surface area contributed by atoms with Crippen LogP contribution in [-0.2, 0) is 6.54 Å². The Labute approximate surface area is 144 Å². The van der Waals surface area contributed by atoms with Crippen LogP contribution in [0.2, 0.25) is 4.47 Å². The summed E-state index contributed by atoms with van der Waals surface area (Å²) >= 11 is 9.85. The first-order valence-corrected chi connectivity index (χ1v) is 7.72. The molecule has 2 aromatic rings. The topological polar surface area (TPSA) is 77.3 Å². The number of halogens is 5. The van der Waals surface area contributed by atoms with E-state index in [-0.39, 0.29) is 16.7 Å². The highest BCUT2D eigenvalue weighted by Crippen LogP contribution is 2.39. The van der Waals surface area contributed by atoms with Crippen molar-refractivity contribution in [3.05, 3.63) is 42.3 Å². The number of aromatic nitrogens is 1. The Bertz CT molecular complexity index is 741. The Kier molecular flexibility index (Phi) is 5.32. The normalized spacial score (nSPS) is 11.3. The summed E-state index contributed by atoms with van der Waals surface area (Å²) in [7, 11) is 0. The SMILES string of the molecule is O=[N+]([O-])c1cc(OC(F)(F)F)cc(Br)c1NCc1cnc(Cl)s1. The first-order chi connectivity index (χ1) is 10.7. The second-order valence-electron chi connectivity index (χ2n) is 4.04. The summed E-state index contributed by atoms with van der Waals surface area (Å²) in [6.45, 7) is 0.170. The van der Waals surface area contributed by atoms with E-state index >= 15 is 0 Å². The molecule has 0 radical (unpaired) electrons. The predicted molar refractivity (Wildman–Crippen MR) is 81.9 cm³/mol. The highest BCUT2D eigenvalue weighted by Gasteiger charge is 2.32. The van der Waals surface area contributed by atoms with Crippen molar-refractivity contribution in [2.75, 3.05) is 5.32 Å². The van der Waals surface area contributed by atoms with Crippen molar-refractivity contribution in [3.8, 4) is 5.75 Å². The van der Waals surface area contributed by atoms with Crippen molar-refractivity contribution in [1.29, 1.82) is 0 Å². The zero-order valence-corrected chi connectivity index (χ0v) is 14.0. The molecule has 0 bridgehead atoms. The van der Waals surface area contributed by atoms with Crippen molar-refractivity contribution < 1.29 is 22.8 Å². The van der Waals surface area contributed by atoms with Crippen LogP contribution in [0.1, 0.15) is 4.88 Å². The number of hydrogen-bond donors (Lipinski definition) is 1. The lowest BCUT2D eigenvalue weighted by molar-refractivity contribution is -0.384. The maximum absolute atomic E-state index is 12.2. The number of ether oxygens (including phenoxy) is 1. The van der Waals surface area contributed by atoms with Crippen LogP contribution in [-0.4, -0.2) is 16.3 Å². The Morgan fingerprint density at radius 3 is 2.70 bits per heavy atom. The van der Waals surface area contributed by atoms with Gasteiger partial charge in [0.2, 0.25) is 0 Å². The third-order valence-electron chi connectivity index (χ3n) is 2.44. The van der Waals surface area contributed by atoms with Gasteiger partial charge in [-0.3, -0.25) is 10.1 Å². The number of nitro benzene ring substituents is 1. The van der Waals surface area contributed by atoms with Crippen LogP contribution in [0.15, 0.2) is 22.8 Å². The van der Waals surface area contributed by atoms with E-state index in [0.717, 1.165) is 6.07 Å². The molecule has 23 heavy (non-hydrogen) atoms. The molecule has 1 N–H and O–H groups in total. The Hall–Kier alpha value is -1.59. The smallest absolute Gasteiger partial charge is 0.405 e. The summed E-state index contributed by atoms with van der Waals surface area (Å²) in [6.07, 6.45) is -3.46. The zero-order chi connectivity index (χ0) is 17.2. The molecule has 0 fully saturated rings. The van der Waals surface area contributed by atoms with Gasteiger partial charge in [0, 0.05) is 11.1 Å². The van der Waals surface area contributed by atoms with Gasteiger partial charge in [-0.2, -0.15) is 0 Å². The van der Waals surface area contributed by atoms with Gasteiger partial charge in [0.25, 0.3) is 5.69 Å². The lowest BCUT2D eigenvalue weighted by Gasteiger charge is -2.12. The summed E-state index contributed by atoms with van der Waals surface area (Å²) in [5, 5.41) is 13.9. The van der Waals surface area contributed by atoms with Crippen molar-refractivity contribution in [2.24, 2.45) is 0 Å². The van der Waals surface area contributed by atoms with Crippen molar-refractivity contribution in [3.63, 3.8) is 0 Å². The van der Waals surface area contributed by atoms with Crippen LogP contribution in [0.4, 0.5) is 24.5 Å². The molecule has 0 unspecified atom stereocenters. The molecule has 6 nitrogen and oxygen atoms in total. The van der Waals surface area contributed by atoms with E-state index in [1.54, 1.807) is 0 Å². The quantitative estimate of drug-likeness (QED) is 0.533. The van der Waals surface area contributed by atoms with Gasteiger partial charge in [0.15, 0.2) is 4.47 Å². The minimum atomic E-state index is -4.94. The van der Waals surface area contributed by atoms with E-state index in [9.17, 15) is 23.3 Å². The van der Waals surface area contributed by atoms with E-state index in [4.69, 9.17) is 11.6 Å². The Morgan fingerprint density at radius 2 is 2.17 bits per heavy atom. The van der Waals surface area contributed by atoms with Gasteiger partial charge in [-0.15, -0.1) is 24.5 Å². The molecule has 0 aliphatic rings. The molecule has 0 saturated carbocycles. The van der Waals surface area contributed by atoms with Crippen molar-refractivity contribution >= 4 is 50.2 Å². The minimum absolute atomic E-state index is 0.0223. The molecule has 0 atom stereocenters. The zero-order valence-electron chi connectivity index (χ0n) is 10.9. The molecule has 1 heterocycles. The molecule has 12 heteroatoms. The molecule has 1 aromatic heterocycles. The fourth-order valence-corrected chi connectivity index (χ4v) is 3.11. The molecular formula is C11H6BrClF3N3O3S. The second kappa shape index (κ2) is 6.89. The average Bonchev–Trinajstić information content (AvgIpc) is 2.80. The van der Waals surface area contributed by atoms with Gasteiger partial charge in [-0.1, -0.05) is 11.6 Å². The van der Waals surface area contributed by atoms with Gasteiger partial charge >= 0.3 is 6.36 Å². The number of hydrogen-bond acceptors (Lipinski definition) is 6. The van der Waals surface area contributed by atoms with Crippen LogP contribution >= 0.6 is 38.9 Å². The van der Waals surface area contributed by atoms with E-state index < -0.39 is 22.7 Å². The minimum Gasteiger partial charge on any atom is -0.405 e. The number of anilines is 1. The highest BCUT2D eigenvalue weighted by molar-refractivity contribution is 9.10. The number of rotatable bonds is 5. The number of benzene rings is 1. The summed E-state index contributed by atoms with van der Waals surface area (Å²) in [6, 6.07) is 1.68. The summed E-state index contributed by atoms with van der Waals surface area (Å²) in [4.78, 5) is 14.8. The molecular weight excluding hydrogens is 427 g/mol. The number of nitro groups is 1. The van der Waals surface area contributed by atoms with Crippen LogP contribution < -0.4 is 10.1 Å². The molecule has 1 aromatic carbocycles. The number of thiazole rings is 1. The van der Waals surface area contributed by atoms with Gasteiger partial charge < -0.3 is 10.1 Å². The third kappa shape index (κ3) is 4.94. The van der Waals surface area contributed by atoms with E-state index in [1.165, 1.54) is 17.5 Å². The largest absolute Gasteiger partial charge is 0.573 e. The molecule has 0 aliphatic carbocycles. The number of alkyl halides is 3. The van der Waals surface area contributed by atoms with E-state index in [0.29, 0.717) is 15.4 Å². The molecule has 0 aliphatic heterocycles. The number of nitrogens with zero attached hydrogens (tertiary/aromatic N) is 2. The summed E-state index contributed by atoms with van der Waals surface area (Å²) in [5.74, 6) is -0.692. The monoisotopic (exact) mass is 431 g/mol. The molecule has 0 spiro atoms. The predicted octanol–water partition coefficient (Wildman–Crippen LogP) is 4.98. The fourth-order valence-electron chi connectivity index (χ4n) is 1.62. The van der Waals surface area contributed by atoms with Crippen LogP contribution in [0, 0.1) is 10.1 Å². The first-order valence-electron chi connectivity index (χ1n) is 5.73. The van der Waals surface area contributed by atoms with E-state index in [2.05, 4.69) is 31.0 Å². The highest BCUT2D eigenvalue weighted by atomic mass is 79.9. The van der Waals surface area contributed by atoms with E-state index in [1.807, 2.05) is 0 Å². The molecule has 2 rings (SSSR count). The Balaban J connectivity index is 2.29. The molecule has 0 saturated heterocycles. The fraction of sp³-hybridized carbons (Fsp3) is 0.182. The summed E-state index contributed by atoms with van der Waals surface area (Å²) in [5.41, 5.74) is -0.539. The van der Waals surface area contributed by atoms with Gasteiger partial charge in [0.05, 0.1) is 22.0 Å². The Morgan fingerprint density at radius 1 is 1.48 bits per heavy atom. The molecule has 124 valence electrons. The lowest BCUT2D eigenvalue weighted by atomic mass is 10.2. The van der Waals surface area contributed by atoms with Gasteiger partial charge in [-0.05, 0) is 22.0 Å². The third-order valence-corrected chi connectivity index (χ3v) is 4.18. The lowest BCUT2D eigenvalue weighted by Crippen LogP contribution is -2.17. The van der Waals surface area contributed by atoms with Crippen molar-refractivity contribution in [2.45, 2.75) is 12.9 Å². The summed E-state index contributed by atoms with van der Waals surface area (Å²) < 4.78 is 40.8. The second-order valence-corrected chi connectivity index (χ2v) is 6.59. The van der Waals surface area contributed by atoms with Gasteiger partial charge in [0.1, 0.15) is 11.4 Å². The average molecular weight is 433 g/mol. The van der Waals surface area contributed by atoms with Crippen LogP contribution in [0.5, 0.6) is 5.75 Å². The standard InChI is InChI=1S/C11H6BrClF3N3O3S/c12-7-1-5(22-11(14,15)16)2-8(19(20)21)9(7)17-3-6-4-18-10(13)23-6/h1-2,4,17H,3H2.